The van der Waals surface area contributed by atoms with Crippen LogP contribution in [0.3, 0.4) is 0 Å². The predicted molar refractivity (Wildman–Crippen MR) is 70.7 cm³/mol. The van der Waals surface area contributed by atoms with Gasteiger partial charge in [-0.2, -0.15) is 0 Å². The van der Waals surface area contributed by atoms with E-state index in [9.17, 15) is 4.79 Å². The summed E-state index contributed by atoms with van der Waals surface area (Å²) in [6.45, 7) is 9.55. The Hall–Kier alpha value is -0.610. The van der Waals surface area contributed by atoms with Gasteiger partial charge in [0.2, 0.25) is 5.91 Å². The molecule has 100 valence electrons. The lowest BCUT2D eigenvalue weighted by Gasteiger charge is -2.32. The number of nitrogens with zero attached hydrogens (tertiary/aromatic N) is 1. The smallest absolute Gasteiger partial charge is 0.237 e. The van der Waals surface area contributed by atoms with Gasteiger partial charge in [-0.3, -0.25) is 4.79 Å². The molecule has 4 heteroatoms. The summed E-state index contributed by atoms with van der Waals surface area (Å²) in [5, 5.41) is 3.09. The van der Waals surface area contributed by atoms with Crippen LogP contribution in [-0.2, 0) is 4.79 Å². The molecule has 0 saturated carbocycles. The van der Waals surface area contributed by atoms with Gasteiger partial charge in [-0.15, -0.1) is 0 Å². The highest BCUT2D eigenvalue weighted by molar-refractivity contribution is 5.82. The minimum absolute atomic E-state index is 0.0225. The second-order valence-corrected chi connectivity index (χ2v) is 5.13. The van der Waals surface area contributed by atoms with Gasteiger partial charge >= 0.3 is 0 Å². The maximum atomic E-state index is 11.9. The van der Waals surface area contributed by atoms with E-state index in [1.807, 2.05) is 6.92 Å². The molecule has 0 aromatic carbocycles. The van der Waals surface area contributed by atoms with Crippen molar-refractivity contribution < 1.29 is 4.79 Å². The summed E-state index contributed by atoms with van der Waals surface area (Å²) in [7, 11) is 0. The fourth-order valence-electron chi connectivity index (χ4n) is 2.20. The number of nitrogens with two attached hydrogens (primary N) is 1. The summed E-state index contributed by atoms with van der Waals surface area (Å²) in [5.41, 5.74) is 5.92. The molecular weight excluding hydrogens is 214 g/mol. The van der Waals surface area contributed by atoms with Crippen LogP contribution in [0, 0.1) is 5.92 Å². The third-order valence-electron chi connectivity index (χ3n) is 3.94. The lowest BCUT2D eigenvalue weighted by molar-refractivity contribution is -0.124. The average molecular weight is 241 g/mol. The van der Waals surface area contributed by atoms with Crippen LogP contribution in [0.4, 0.5) is 0 Å². The van der Waals surface area contributed by atoms with Crippen molar-refractivity contribution in [1.29, 1.82) is 0 Å². The second-order valence-electron chi connectivity index (χ2n) is 5.13. The van der Waals surface area contributed by atoms with Crippen molar-refractivity contribution in [2.45, 2.75) is 52.1 Å². The Morgan fingerprint density at radius 3 is 2.47 bits per heavy atom. The van der Waals surface area contributed by atoms with E-state index in [0.717, 1.165) is 38.9 Å². The Labute approximate surface area is 105 Å². The summed E-state index contributed by atoms with van der Waals surface area (Å²) >= 11 is 0. The molecular formula is C13H27N3O. The van der Waals surface area contributed by atoms with Crippen LogP contribution in [-0.4, -0.2) is 42.5 Å². The van der Waals surface area contributed by atoms with Crippen molar-refractivity contribution in [1.82, 2.24) is 10.2 Å². The Morgan fingerprint density at radius 2 is 2.00 bits per heavy atom. The first kappa shape index (κ1) is 14.5. The minimum Gasteiger partial charge on any atom is -0.352 e. The van der Waals surface area contributed by atoms with Crippen molar-refractivity contribution in [3.63, 3.8) is 0 Å². The minimum atomic E-state index is -0.357. The monoisotopic (exact) mass is 241 g/mol. The van der Waals surface area contributed by atoms with Gasteiger partial charge in [0, 0.05) is 19.1 Å². The van der Waals surface area contributed by atoms with Crippen LogP contribution in [0.1, 0.15) is 40.0 Å². The number of carbonyl (C=O) groups is 1. The van der Waals surface area contributed by atoms with Crippen LogP contribution in [0.5, 0.6) is 0 Å². The van der Waals surface area contributed by atoms with Crippen molar-refractivity contribution >= 4 is 5.91 Å². The van der Waals surface area contributed by atoms with E-state index in [2.05, 4.69) is 24.1 Å². The Kier molecular flexibility index (Phi) is 5.92. The third kappa shape index (κ3) is 4.28. The van der Waals surface area contributed by atoms with E-state index in [1.165, 1.54) is 0 Å². The molecule has 0 aromatic rings. The van der Waals surface area contributed by atoms with Gasteiger partial charge in [-0.25, -0.2) is 0 Å². The molecule has 2 atom stereocenters. The topological polar surface area (TPSA) is 58.4 Å². The van der Waals surface area contributed by atoms with Crippen molar-refractivity contribution in [3.05, 3.63) is 0 Å². The molecule has 1 heterocycles. The van der Waals surface area contributed by atoms with Gasteiger partial charge in [0.25, 0.3) is 0 Å². The van der Waals surface area contributed by atoms with Gasteiger partial charge in [-0.1, -0.05) is 27.2 Å². The van der Waals surface area contributed by atoms with Crippen LogP contribution < -0.4 is 11.1 Å². The fourth-order valence-corrected chi connectivity index (χ4v) is 2.20. The fraction of sp³-hybridized carbons (Fsp3) is 0.923. The average Bonchev–Trinajstić information content (AvgIpc) is 2.37. The zero-order valence-electron chi connectivity index (χ0n) is 11.4. The predicted octanol–water partition coefficient (Wildman–Crippen LogP) is 0.960. The number of likely N-dealkylation sites (tertiary alicyclic amines) is 1. The first-order chi connectivity index (χ1) is 8.08. The Bertz CT molecular complexity index is 237. The Morgan fingerprint density at radius 1 is 1.41 bits per heavy atom. The summed E-state index contributed by atoms with van der Waals surface area (Å²) in [4.78, 5) is 14.3. The van der Waals surface area contributed by atoms with Crippen molar-refractivity contribution in [2.75, 3.05) is 19.6 Å². The molecule has 1 amide bonds. The molecule has 0 bridgehead atoms. The van der Waals surface area contributed by atoms with Gasteiger partial charge in [0.1, 0.15) is 0 Å². The maximum absolute atomic E-state index is 11.9. The number of carbonyl (C=O) groups excluding carboxylic acids is 1. The number of hydrogen-bond acceptors (Lipinski definition) is 3. The molecule has 0 unspecified atom stereocenters. The molecule has 0 radical (unpaired) electrons. The van der Waals surface area contributed by atoms with E-state index in [-0.39, 0.29) is 17.9 Å². The second kappa shape index (κ2) is 6.97. The summed E-state index contributed by atoms with van der Waals surface area (Å²) in [5.74, 6) is 0.278. The summed E-state index contributed by atoms with van der Waals surface area (Å²) in [6.07, 6.45) is 3.04. The van der Waals surface area contributed by atoms with E-state index in [4.69, 9.17) is 5.73 Å². The third-order valence-corrected chi connectivity index (χ3v) is 3.94. The van der Waals surface area contributed by atoms with Crippen LogP contribution in [0.15, 0.2) is 0 Å². The largest absolute Gasteiger partial charge is 0.352 e. The van der Waals surface area contributed by atoms with Gasteiger partial charge in [0.05, 0.1) is 6.04 Å². The molecule has 17 heavy (non-hydrogen) atoms. The highest BCUT2D eigenvalue weighted by Gasteiger charge is 2.24. The van der Waals surface area contributed by atoms with Gasteiger partial charge in [-0.05, 0) is 25.3 Å². The lowest BCUT2D eigenvalue weighted by atomic mass is 9.98. The zero-order valence-corrected chi connectivity index (χ0v) is 11.4. The van der Waals surface area contributed by atoms with E-state index in [0.29, 0.717) is 6.04 Å². The molecule has 3 N–H and O–H groups in total. The number of nitrogens with one attached hydrogen (secondary N) is 1. The SMILES string of the molecule is CC[C@H](C)[C@H](N)C(=O)NC1CCN(CC)CC1. The van der Waals surface area contributed by atoms with Crippen LogP contribution in [0.25, 0.3) is 0 Å². The normalized spacial score (nSPS) is 22.1. The molecule has 1 rings (SSSR count). The van der Waals surface area contributed by atoms with E-state index >= 15 is 0 Å². The van der Waals surface area contributed by atoms with Crippen molar-refractivity contribution in [2.24, 2.45) is 11.7 Å². The molecule has 4 nitrogen and oxygen atoms in total. The number of amides is 1. The highest BCUT2D eigenvalue weighted by atomic mass is 16.2. The zero-order chi connectivity index (χ0) is 12.8. The number of hydrogen-bond donors (Lipinski definition) is 2. The lowest BCUT2D eigenvalue weighted by Crippen LogP contribution is -2.51. The molecule has 1 fully saturated rings. The first-order valence-corrected chi connectivity index (χ1v) is 6.86. The first-order valence-electron chi connectivity index (χ1n) is 6.86. The quantitative estimate of drug-likeness (QED) is 0.754. The molecule has 1 aliphatic rings. The maximum Gasteiger partial charge on any atom is 0.237 e. The highest BCUT2D eigenvalue weighted by Crippen LogP contribution is 2.11. The Balaban J connectivity index is 2.32. The van der Waals surface area contributed by atoms with Crippen LogP contribution in [0.2, 0.25) is 0 Å². The molecule has 0 aromatic heterocycles. The van der Waals surface area contributed by atoms with Crippen LogP contribution >= 0.6 is 0 Å². The molecule has 0 spiro atoms. The number of piperidine rings is 1. The molecule has 1 aliphatic heterocycles. The van der Waals surface area contributed by atoms with E-state index in [1.54, 1.807) is 0 Å². The number of rotatable bonds is 5. The summed E-state index contributed by atoms with van der Waals surface area (Å²) < 4.78 is 0. The van der Waals surface area contributed by atoms with Gasteiger partial charge in [0.15, 0.2) is 0 Å². The van der Waals surface area contributed by atoms with Crippen molar-refractivity contribution in [3.8, 4) is 0 Å². The standard InChI is InChI=1S/C13H27N3O/c1-4-10(3)12(14)13(17)15-11-6-8-16(5-2)9-7-11/h10-12H,4-9,14H2,1-3H3,(H,15,17)/t10-,12-/m0/s1. The van der Waals surface area contributed by atoms with E-state index < -0.39 is 0 Å². The molecule has 1 saturated heterocycles. The summed E-state index contributed by atoms with van der Waals surface area (Å²) in [6, 6.07) is -0.0374. The van der Waals surface area contributed by atoms with Gasteiger partial charge < -0.3 is 16.0 Å². The molecule has 0 aliphatic carbocycles.